The van der Waals surface area contributed by atoms with Gasteiger partial charge < -0.3 is 4.90 Å². The molecule has 5 aromatic carbocycles. The molecular weight excluding hydrogens is 402 g/mol. The van der Waals surface area contributed by atoms with E-state index in [-0.39, 0.29) is 0 Å². The van der Waals surface area contributed by atoms with Crippen LogP contribution in [0.3, 0.4) is 0 Å². The molecule has 33 heavy (non-hydrogen) atoms. The normalized spacial score (nSPS) is 10.4. The van der Waals surface area contributed by atoms with Crippen LogP contribution < -0.4 is 4.90 Å². The lowest BCUT2D eigenvalue weighted by Crippen LogP contribution is -2.10. The summed E-state index contributed by atoms with van der Waals surface area (Å²) in [5.41, 5.74) is 5.92. The van der Waals surface area contributed by atoms with Gasteiger partial charge in [0.15, 0.2) is 0 Å². The van der Waals surface area contributed by atoms with Gasteiger partial charge in [-0.05, 0) is 52.9 Å². The van der Waals surface area contributed by atoms with Crippen molar-refractivity contribution in [2.75, 3.05) is 4.90 Å². The summed E-state index contributed by atoms with van der Waals surface area (Å²) in [7, 11) is 0. The van der Waals surface area contributed by atoms with Crippen molar-refractivity contribution in [3.8, 4) is 17.2 Å². The maximum atomic E-state index is 9.38. The smallest absolute Gasteiger partial charge is 0.204 e. The molecule has 0 bridgehead atoms. The first kappa shape index (κ1) is 20.1. The largest absolute Gasteiger partial charge is 0.310 e. The molecule has 0 aliphatic heterocycles. The summed E-state index contributed by atoms with van der Waals surface area (Å²) < 4.78 is 0. The molecule has 0 aliphatic rings. The van der Waals surface area contributed by atoms with E-state index in [0.717, 1.165) is 28.2 Å². The van der Waals surface area contributed by atoms with Crippen LogP contribution in [0.2, 0.25) is 0 Å². The second kappa shape index (κ2) is 8.71. The van der Waals surface area contributed by atoms with Gasteiger partial charge in [0.25, 0.3) is 0 Å². The minimum atomic E-state index is 0.379. The SMILES string of the molecule is [C-]#[N+]c1ccc(-c2ccc(N(c3ccccc3)c3cccc4ccccc34)cc2)cc1C#N. The van der Waals surface area contributed by atoms with Crippen molar-refractivity contribution in [1.82, 2.24) is 0 Å². The molecular formula is C30H19N3. The first-order valence-corrected chi connectivity index (χ1v) is 10.6. The van der Waals surface area contributed by atoms with Crippen molar-refractivity contribution < 1.29 is 0 Å². The summed E-state index contributed by atoms with van der Waals surface area (Å²) in [6, 6.07) is 40.9. The van der Waals surface area contributed by atoms with Gasteiger partial charge in [-0.2, -0.15) is 5.26 Å². The summed E-state index contributed by atoms with van der Waals surface area (Å²) in [5.74, 6) is 0. The third kappa shape index (κ3) is 3.81. The van der Waals surface area contributed by atoms with Crippen molar-refractivity contribution in [2.45, 2.75) is 0 Å². The molecule has 0 aliphatic carbocycles. The van der Waals surface area contributed by atoms with Gasteiger partial charge >= 0.3 is 0 Å². The number of anilines is 3. The number of nitriles is 1. The molecule has 0 N–H and O–H groups in total. The average Bonchev–Trinajstić information content (AvgIpc) is 2.89. The molecule has 0 atom stereocenters. The summed E-state index contributed by atoms with van der Waals surface area (Å²) in [4.78, 5) is 5.69. The zero-order valence-electron chi connectivity index (χ0n) is 17.8. The van der Waals surface area contributed by atoms with Gasteiger partial charge in [0.1, 0.15) is 0 Å². The zero-order chi connectivity index (χ0) is 22.6. The number of nitrogens with zero attached hydrogens (tertiary/aromatic N) is 3. The molecule has 0 radical (unpaired) electrons. The highest BCUT2D eigenvalue weighted by Crippen LogP contribution is 2.39. The van der Waals surface area contributed by atoms with E-state index < -0.39 is 0 Å². The van der Waals surface area contributed by atoms with E-state index in [4.69, 9.17) is 6.57 Å². The number of hydrogen-bond acceptors (Lipinski definition) is 2. The van der Waals surface area contributed by atoms with E-state index in [2.05, 4.69) is 94.7 Å². The van der Waals surface area contributed by atoms with Crippen molar-refractivity contribution in [3.63, 3.8) is 0 Å². The number of hydrogen-bond donors (Lipinski definition) is 0. The molecule has 3 nitrogen and oxygen atoms in total. The predicted octanol–water partition coefficient (Wildman–Crippen LogP) is 8.40. The lowest BCUT2D eigenvalue weighted by atomic mass is 10.0. The molecule has 5 aromatic rings. The van der Waals surface area contributed by atoms with Crippen LogP contribution in [-0.4, -0.2) is 0 Å². The van der Waals surface area contributed by atoms with Gasteiger partial charge in [0, 0.05) is 16.8 Å². The quantitative estimate of drug-likeness (QED) is 0.273. The van der Waals surface area contributed by atoms with E-state index in [1.807, 2.05) is 24.3 Å². The molecule has 0 spiro atoms. The lowest BCUT2D eigenvalue weighted by molar-refractivity contribution is 1.30. The zero-order valence-corrected chi connectivity index (χ0v) is 17.8. The van der Waals surface area contributed by atoms with Crippen LogP contribution in [0.15, 0.2) is 115 Å². The van der Waals surface area contributed by atoms with Crippen LogP contribution in [-0.2, 0) is 0 Å². The molecule has 0 saturated heterocycles. The van der Waals surface area contributed by atoms with Gasteiger partial charge in [-0.15, -0.1) is 0 Å². The topological polar surface area (TPSA) is 31.4 Å². The Morgan fingerprint density at radius 2 is 1.33 bits per heavy atom. The van der Waals surface area contributed by atoms with E-state index in [1.54, 1.807) is 12.1 Å². The third-order valence-corrected chi connectivity index (χ3v) is 5.72. The summed E-state index contributed by atoms with van der Waals surface area (Å²) in [5, 5.41) is 11.7. The first-order chi connectivity index (χ1) is 16.3. The lowest BCUT2D eigenvalue weighted by Gasteiger charge is -2.27. The highest BCUT2D eigenvalue weighted by molar-refractivity contribution is 5.98. The van der Waals surface area contributed by atoms with Gasteiger partial charge in [-0.25, -0.2) is 4.85 Å². The fraction of sp³-hybridized carbons (Fsp3) is 0. The molecule has 0 heterocycles. The Balaban J connectivity index is 1.62. The number of benzene rings is 5. The highest BCUT2D eigenvalue weighted by atomic mass is 15.1. The number of fused-ring (bicyclic) bond motifs is 1. The molecule has 0 saturated carbocycles. The molecule has 154 valence electrons. The standard InChI is InChI=1S/C30H19N3/c1-32-29-19-16-24(20-25(29)21-31)22-14-17-27(18-15-22)33(26-10-3-2-4-11-26)30-13-7-9-23-8-5-6-12-28(23)30/h2-20H. The van der Waals surface area contributed by atoms with Crippen LogP contribution in [0.4, 0.5) is 22.7 Å². The van der Waals surface area contributed by atoms with E-state index in [1.165, 1.54) is 10.8 Å². The van der Waals surface area contributed by atoms with Crippen LogP contribution in [0.1, 0.15) is 5.56 Å². The van der Waals surface area contributed by atoms with Crippen LogP contribution in [0.5, 0.6) is 0 Å². The molecule has 5 rings (SSSR count). The van der Waals surface area contributed by atoms with Gasteiger partial charge in [0.2, 0.25) is 5.69 Å². The van der Waals surface area contributed by atoms with E-state index in [0.29, 0.717) is 11.3 Å². The number of rotatable bonds is 4. The molecule has 0 amide bonds. The maximum Gasteiger partial charge on any atom is 0.204 e. The Kier molecular flexibility index (Phi) is 5.30. The van der Waals surface area contributed by atoms with Gasteiger partial charge in [-0.3, -0.25) is 0 Å². The molecule has 3 heteroatoms. The summed E-state index contributed by atoms with van der Waals surface area (Å²) in [6.45, 7) is 7.23. The highest BCUT2D eigenvalue weighted by Gasteiger charge is 2.15. The van der Waals surface area contributed by atoms with Gasteiger partial charge in [0.05, 0.1) is 23.9 Å². The fourth-order valence-corrected chi connectivity index (χ4v) is 4.11. The minimum Gasteiger partial charge on any atom is -0.310 e. The minimum absolute atomic E-state index is 0.379. The third-order valence-electron chi connectivity index (χ3n) is 5.72. The Bertz CT molecular complexity index is 1520. The second-order valence-corrected chi connectivity index (χ2v) is 7.67. The Morgan fingerprint density at radius 3 is 2.09 bits per heavy atom. The number of para-hydroxylation sites is 1. The summed E-state index contributed by atoms with van der Waals surface area (Å²) in [6.07, 6.45) is 0. The monoisotopic (exact) mass is 421 g/mol. The van der Waals surface area contributed by atoms with Crippen LogP contribution >= 0.6 is 0 Å². The van der Waals surface area contributed by atoms with Crippen molar-refractivity contribution >= 4 is 33.5 Å². The van der Waals surface area contributed by atoms with Gasteiger partial charge in [-0.1, -0.05) is 78.9 Å². The predicted molar refractivity (Wildman–Crippen MR) is 135 cm³/mol. The summed E-state index contributed by atoms with van der Waals surface area (Å²) >= 11 is 0. The van der Waals surface area contributed by atoms with Crippen LogP contribution in [0.25, 0.3) is 26.7 Å². The van der Waals surface area contributed by atoms with Crippen molar-refractivity contribution in [3.05, 3.63) is 132 Å². The van der Waals surface area contributed by atoms with Crippen molar-refractivity contribution in [1.29, 1.82) is 5.26 Å². The second-order valence-electron chi connectivity index (χ2n) is 7.67. The molecule has 0 aromatic heterocycles. The van der Waals surface area contributed by atoms with E-state index >= 15 is 0 Å². The fourth-order valence-electron chi connectivity index (χ4n) is 4.11. The van der Waals surface area contributed by atoms with Crippen molar-refractivity contribution in [2.24, 2.45) is 0 Å². The Morgan fingerprint density at radius 1 is 0.667 bits per heavy atom. The molecule has 0 unspecified atom stereocenters. The Labute approximate surface area is 193 Å². The molecule has 0 fully saturated rings. The van der Waals surface area contributed by atoms with Crippen LogP contribution in [0, 0.1) is 17.9 Å². The van der Waals surface area contributed by atoms with E-state index in [9.17, 15) is 5.26 Å². The average molecular weight is 422 g/mol. The maximum absolute atomic E-state index is 9.38. The Hall–Kier alpha value is -4.86. The first-order valence-electron chi connectivity index (χ1n) is 10.6.